The topological polar surface area (TPSA) is 68.6 Å². The fraction of sp³-hybridized carbons (Fsp3) is 0.286. The highest BCUT2D eigenvalue weighted by Gasteiger charge is 2.15. The molecule has 1 rings (SSSR count). The Labute approximate surface area is 112 Å². The smallest absolute Gasteiger partial charge is 0.348 e. The molecule has 0 saturated carbocycles. The number of hydrogen-bond donors (Lipinski definition) is 0. The van der Waals surface area contributed by atoms with Crippen molar-refractivity contribution in [3.05, 3.63) is 29.3 Å². The van der Waals surface area contributed by atoms with Gasteiger partial charge in [-0.05, 0) is 30.2 Å². The fourth-order valence-corrected chi connectivity index (χ4v) is 1.60. The Morgan fingerprint density at radius 2 is 1.79 bits per heavy atom. The largest absolute Gasteiger partial charge is 0.493 e. The summed E-state index contributed by atoms with van der Waals surface area (Å²) in [6.07, 6.45) is 0. The van der Waals surface area contributed by atoms with Gasteiger partial charge in [-0.25, -0.2) is 4.79 Å². The number of rotatable bonds is 4. The number of benzene rings is 1. The fourth-order valence-electron chi connectivity index (χ4n) is 1.60. The van der Waals surface area contributed by atoms with Crippen molar-refractivity contribution < 1.29 is 19.0 Å². The van der Waals surface area contributed by atoms with Gasteiger partial charge in [0.1, 0.15) is 11.6 Å². The molecule has 5 heteroatoms. The minimum Gasteiger partial charge on any atom is -0.493 e. The van der Waals surface area contributed by atoms with Crippen molar-refractivity contribution in [1.29, 1.82) is 5.26 Å². The maximum absolute atomic E-state index is 11.5. The van der Waals surface area contributed by atoms with E-state index in [9.17, 15) is 4.79 Å². The molecule has 0 aliphatic carbocycles. The van der Waals surface area contributed by atoms with Crippen LogP contribution in [-0.4, -0.2) is 27.3 Å². The zero-order chi connectivity index (χ0) is 14.4. The predicted octanol–water partition coefficient (Wildman–Crippen LogP) is 2.17. The van der Waals surface area contributed by atoms with Crippen LogP contribution in [0.3, 0.4) is 0 Å². The molecule has 1 aromatic carbocycles. The maximum Gasteiger partial charge on any atom is 0.348 e. The lowest BCUT2D eigenvalue weighted by Crippen LogP contribution is -2.05. The van der Waals surface area contributed by atoms with Gasteiger partial charge in [-0.1, -0.05) is 6.07 Å². The first-order chi connectivity index (χ1) is 9.08. The van der Waals surface area contributed by atoms with Gasteiger partial charge in [-0.3, -0.25) is 0 Å². The summed E-state index contributed by atoms with van der Waals surface area (Å²) < 4.78 is 14.9. The quantitative estimate of drug-likeness (QED) is 0.472. The molecule has 1 aromatic rings. The molecule has 0 saturated heterocycles. The van der Waals surface area contributed by atoms with Gasteiger partial charge < -0.3 is 14.2 Å². The van der Waals surface area contributed by atoms with Crippen LogP contribution < -0.4 is 9.47 Å². The molecule has 19 heavy (non-hydrogen) atoms. The first kappa shape index (κ1) is 14.6. The first-order valence-electron chi connectivity index (χ1n) is 5.50. The third-order valence-electron chi connectivity index (χ3n) is 2.69. The number of hydrogen-bond acceptors (Lipinski definition) is 5. The van der Waals surface area contributed by atoms with Gasteiger partial charge in [0.05, 0.1) is 21.3 Å². The van der Waals surface area contributed by atoms with Crippen molar-refractivity contribution in [3.8, 4) is 17.6 Å². The number of nitriles is 1. The molecular weight excluding hydrogens is 246 g/mol. The van der Waals surface area contributed by atoms with Crippen LogP contribution in [0.2, 0.25) is 0 Å². The molecule has 0 aliphatic heterocycles. The van der Waals surface area contributed by atoms with E-state index in [1.54, 1.807) is 25.1 Å². The number of ether oxygens (including phenoxy) is 3. The number of carbonyl (C=O) groups excluding carboxylic acids is 1. The van der Waals surface area contributed by atoms with Crippen LogP contribution in [0.5, 0.6) is 11.5 Å². The summed E-state index contributed by atoms with van der Waals surface area (Å²) in [7, 11) is 4.29. The molecule has 0 aliphatic rings. The molecule has 0 spiro atoms. The highest BCUT2D eigenvalue weighted by atomic mass is 16.5. The summed E-state index contributed by atoms with van der Waals surface area (Å²) >= 11 is 0. The van der Waals surface area contributed by atoms with E-state index in [2.05, 4.69) is 4.74 Å². The van der Waals surface area contributed by atoms with Crippen molar-refractivity contribution in [3.63, 3.8) is 0 Å². The molecule has 0 unspecified atom stereocenters. The second-order valence-electron chi connectivity index (χ2n) is 3.67. The van der Waals surface area contributed by atoms with Crippen LogP contribution in [0.1, 0.15) is 12.5 Å². The van der Waals surface area contributed by atoms with Gasteiger partial charge >= 0.3 is 5.97 Å². The van der Waals surface area contributed by atoms with E-state index in [1.165, 1.54) is 21.3 Å². The number of nitrogens with zero attached hydrogens (tertiary/aromatic N) is 1. The lowest BCUT2D eigenvalue weighted by Gasteiger charge is -2.10. The highest BCUT2D eigenvalue weighted by Crippen LogP contribution is 2.31. The average Bonchev–Trinajstić information content (AvgIpc) is 2.46. The Morgan fingerprint density at radius 1 is 1.16 bits per heavy atom. The zero-order valence-electron chi connectivity index (χ0n) is 11.3. The van der Waals surface area contributed by atoms with Crippen LogP contribution >= 0.6 is 0 Å². The lowest BCUT2D eigenvalue weighted by molar-refractivity contribution is -0.135. The number of methoxy groups -OCH3 is 3. The van der Waals surface area contributed by atoms with E-state index < -0.39 is 5.97 Å². The van der Waals surface area contributed by atoms with Crippen molar-refractivity contribution in [2.45, 2.75) is 6.92 Å². The van der Waals surface area contributed by atoms with Gasteiger partial charge in [0, 0.05) is 0 Å². The summed E-state index contributed by atoms with van der Waals surface area (Å²) in [6.45, 7) is 1.68. The Bertz CT molecular complexity index is 555. The van der Waals surface area contributed by atoms with Crippen molar-refractivity contribution in [2.24, 2.45) is 0 Å². The van der Waals surface area contributed by atoms with E-state index in [0.717, 1.165) is 0 Å². The number of allylic oxidation sites excluding steroid dienone is 1. The van der Waals surface area contributed by atoms with Crippen LogP contribution in [0, 0.1) is 11.3 Å². The first-order valence-corrected chi connectivity index (χ1v) is 5.50. The van der Waals surface area contributed by atoms with E-state index in [1.807, 2.05) is 6.07 Å². The third-order valence-corrected chi connectivity index (χ3v) is 2.69. The Morgan fingerprint density at radius 3 is 2.26 bits per heavy atom. The van der Waals surface area contributed by atoms with E-state index >= 15 is 0 Å². The summed E-state index contributed by atoms with van der Waals surface area (Å²) in [5, 5.41) is 9.02. The van der Waals surface area contributed by atoms with Crippen molar-refractivity contribution >= 4 is 11.5 Å². The van der Waals surface area contributed by atoms with Gasteiger partial charge in [0.2, 0.25) is 0 Å². The molecule has 0 amide bonds. The summed E-state index contributed by atoms with van der Waals surface area (Å²) in [4.78, 5) is 11.5. The van der Waals surface area contributed by atoms with Crippen molar-refractivity contribution in [2.75, 3.05) is 21.3 Å². The van der Waals surface area contributed by atoms with E-state index in [-0.39, 0.29) is 5.57 Å². The molecule has 100 valence electrons. The van der Waals surface area contributed by atoms with Crippen LogP contribution in [-0.2, 0) is 9.53 Å². The standard InChI is InChI=1S/C14H15NO4/c1-9(11(8-15)14(16)19-4)10-5-6-12(17-2)13(7-10)18-3/h5-7H,1-4H3/b11-9+. The number of carbonyl (C=O) groups is 1. The van der Waals surface area contributed by atoms with Gasteiger partial charge in [-0.15, -0.1) is 0 Å². The molecular formula is C14H15NO4. The molecule has 5 nitrogen and oxygen atoms in total. The molecule has 0 bridgehead atoms. The Kier molecular flexibility index (Phi) is 4.95. The Hall–Kier alpha value is -2.48. The number of esters is 1. The molecule has 0 N–H and O–H groups in total. The van der Waals surface area contributed by atoms with Gasteiger partial charge in [0.15, 0.2) is 11.5 Å². The third kappa shape index (κ3) is 3.05. The molecule has 0 heterocycles. The predicted molar refractivity (Wildman–Crippen MR) is 69.8 cm³/mol. The SMILES string of the molecule is COC(=O)/C(C#N)=C(\C)c1ccc(OC)c(OC)c1. The van der Waals surface area contributed by atoms with Crippen LogP contribution in [0.25, 0.3) is 5.57 Å². The average molecular weight is 261 g/mol. The monoisotopic (exact) mass is 261 g/mol. The molecule has 0 aromatic heterocycles. The van der Waals surface area contributed by atoms with Crippen molar-refractivity contribution in [1.82, 2.24) is 0 Å². The molecule has 0 fully saturated rings. The lowest BCUT2D eigenvalue weighted by atomic mass is 10.0. The van der Waals surface area contributed by atoms with Gasteiger partial charge in [-0.2, -0.15) is 5.26 Å². The van der Waals surface area contributed by atoms with E-state index in [0.29, 0.717) is 22.6 Å². The molecule has 0 radical (unpaired) electrons. The van der Waals surface area contributed by atoms with Crippen LogP contribution in [0.4, 0.5) is 0 Å². The molecule has 0 atom stereocenters. The minimum atomic E-state index is -0.658. The summed E-state index contributed by atoms with van der Waals surface area (Å²) in [6, 6.07) is 7.01. The van der Waals surface area contributed by atoms with E-state index in [4.69, 9.17) is 14.7 Å². The Balaban J connectivity index is 3.34. The summed E-state index contributed by atoms with van der Waals surface area (Å²) in [5.74, 6) is 0.451. The highest BCUT2D eigenvalue weighted by molar-refractivity contribution is 6.01. The van der Waals surface area contributed by atoms with Gasteiger partial charge in [0.25, 0.3) is 0 Å². The maximum atomic E-state index is 11.5. The second-order valence-corrected chi connectivity index (χ2v) is 3.67. The zero-order valence-corrected chi connectivity index (χ0v) is 11.3. The second kappa shape index (κ2) is 6.45. The summed E-state index contributed by atoms with van der Waals surface area (Å²) in [5.41, 5.74) is 1.18. The minimum absolute atomic E-state index is 0.0327. The normalized spacial score (nSPS) is 11.1. The van der Waals surface area contributed by atoms with Crippen LogP contribution in [0.15, 0.2) is 23.8 Å².